The zero-order valence-electron chi connectivity index (χ0n) is 11.3. The molecule has 100 valence electrons. The number of hydrogen-bond acceptors (Lipinski definition) is 2. The van der Waals surface area contributed by atoms with Crippen LogP contribution in [0.5, 0.6) is 0 Å². The number of para-hydroxylation sites is 1. The van der Waals surface area contributed by atoms with E-state index >= 15 is 0 Å². The number of halogens is 1. The van der Waals surface area contributed by atoms with Gasteiger partial charge in [0.05, 0.1) is 5.52 Å². The molecule has 1 aromatic heterocycles. The SMILES string of the molecule is CCNc1c2c(nc3c(I)cccc13)CCCCC2. The Balaban J connectivity index is 2.30. The van der Waals surface area contributed by atoms with Gasteiger partial charge in [-0.2, -0.15) is 0 Å². The lowest BCUT2D eigenvalue weighted by molar-refractivity contribution is 0.709. The highest BCUT2D eigenvalue weighted by atomic mass is 127. The lowest BCUT2D eigenvalue weighted by atomic mass is 10.0. The van der Waals surface area contributed by atoms with Gasteiger partial charge in [0.2, 0.25) is 0 Å². The van der Waals surface area contributed by atoms with Crippen LogP contribution in [0.15, 0.2) is 18.2 Å². The van der Waals surface area contributed by atoms with Crippen LogP contribution in [0.4, 0.5) is 5.69 Å². The van der Waals surface area contributed by atoms with Crippen LogP contribution in [-0.2, 0) is 12.8 Å². The molecule has 0 fully saturated rings. The first-order valence-corrected chi connectivity index (χ1v) is 8.23. The summed E-state index contributed by atoms with van der Waals surface area (Å²) in [7, 11) is 0. The summed E-state index contributed by atoms with van der Waals surface area (Å²) in [6, 6.07) is 6.48. The van der Waals surface area contributed by atoms with E-state index in [2.05, 4.69) is 53.0 Å². The number of nitrogens with one attached hydrogen (secondary N) is 1. The van der Waals surface area contributed by atoms with Gasteiger partial charge in [-0.1, -0.05) is 18.6 Å². The first-order chi connectivity index (χ1) is 9.31. The Morgan fingerprint density at radius 2 is 2.05 bits per heavy atom. The predicted octanol–water partition coefficient (Wildman–Crippen LogP) is 4.54. The van der Waals surface area contributed by atoms with Gasteiger partial charge in [-0.25, -0.2) is 0 Å². The van der Waals surface area contributed by atoms with Gasteiger partial charge in [-0.15, -0.1) is 0 Å². The molecule has 1 aliphatic carbocycles. The van der Waals surface area contributed by atoms with Crippen molar-refractivity contribution in [1.82, 2.24) is 4.98 Å². The van der Waals surface area contributed by atoms with Crippen LogP contribution < -0.4 is 5.32 Å². The lowest BCUT2D eigenvalue weighted by Crippen LogP contribution is -2.07. The third-order valence-corrected chi connectivity index (χ3v) is 4.72. The van der Waals surface area contributed by atoms with E-state index in [0.29, 0.717) is 0 Å². The third kappa shape index (κ3) is 2.45. The minimum Gasteiger partial charge on any atom is -0.384 e. The average Bonchev–Trinajstić information content (AvgIpc) is 2.65. The molecule has 0 saturated heterocycles. The van der Waals surface area contributed by atoms with Crippen molar-refractivity contribution in [1.29, 1.82) is 0 Å². The highest BCUT2D eigenvalue weighted by Crippen LogP contribution is 2.34. The van der Waals surface area contributed by atoms with Crippen LogP contribution in [-0.4, -0.2) is 11.5 Å². The van der Waals surface area contributed by atoms with E-state index in [1.807, 2.05) is 0 Å². The molecule has 3 rings (SSSR count). The molecule has 0 aliphatic heterocycles. The Hall–Kier alpha value is -0.840. The van der Waals surface area contributed by atoms with Crippen molar-refractivity contribution in [2.45, 2.75) is 39.0 Å². The maximum absolute atomic E-state index is 4.97. The van der Waals surface area contributed by atoms with Gasteiger partial charge >= 0.3 is 0 Å². The second-order valence-electron chi connectivity index (χ2n) is 5.14. The third-order valence-electron chi connectivity index (χ3n) is 3.85. The largest absolute Gasteiger partial charge is 0.384 e. The molecule has 1 aromatic carbocycles. The van der Waals surface area contributed by atoms with E-state index in [0.717, 1.165) is 13.0 Å². The Morgan fingerprint density at radius 3 is 2.89 bits per heavy atom. The average molecular weight is 366 g/mol. The fourth-order valence-electron chi connectivity index (χ4n) is 2.97. The quantitative estimate of drug-likeness (QED) is 0.624. The maximum Gasteiger partial charge on any atom is 0.0859 e. The predicted molar refractivity (Wildman–Crippen MR) is 89.9 cm³/mol. The molecular formula is C16H19IN2. The Kier molecular flexibility index (Phi) is 3.91. The molecule has 19 heavy (non-hydrogen) atoms. The topological polar surface area (TPSA) is 24.9 Å². The minimum atomic E-state index is 0.969. The van der Waals surface area contributed by atoms with Crippen LogP contribution >= 0.6 is 22.6 Å². The monoisotopic (exact) mass is 366 g/mol. The number of aromatic nitrogens is 1. The summed E-state index contributed by atoms with van der Waals surface area (Å²) >= 11 is 2.40. The Labute approximate surface area is 128 Å². The molecule has 3 heteroatoms. The van der Waals surface area contributed by atoms with Crippen LogP contribution in [0.25, 0.3) is 10.9 Å². The van der Waals surface area contributed by atoms with Crippen LogP contribution in [0, 0.1) is 3.57 Å². The van der Waals surface area contributed by atoms with E-state index in [9.17, 15) is 0 Å². The molecule has 0 unspecified atom stereocenters. The fraction of sp³-hybridized carbons (Fsp3) is 0.438. The number of pyridine rings is 1. The van der Waals surface area contributed by atoms with Crippen molar-refractivity contribution in [2.24, 2.45) is 0 Å². The molecule has 0 bridgehead atoms. The van der Waals surface area contributed by atoms with E-state index in [1.165, 1.54) is 57.1 Å². The molecule has 1 heterocycles. The van der Waals surface area contributed by atoms with Crippen molar-refractivity contribution in [3.8, 4) is 0 Å². The highest BCUT2D eigenvalue weighted by molar-refractivity contribution is 14.1. The van der Waals surface area contributed by atoms with Gasteiger partial charge in [0.15, 0.2) is 0 Å². The van der Waals surface area contributed by atoms with Crippen molar-refractivity contribution in [2.75, 3.05) is 11.9 Å². The number of aryl methyl sites for hydroxylation is 1. The number of nitrogens with zero attached hydrogens (tertiary/aromatic N) is 1. The van der Waals surface area contributed by atoms with E-state index in [1.54, 1.807) is 0 Å². The lowest BCUT2D eigenvalue weighted by Gasteiger charge is -2.17. The van der Waals surface area contributed by atoms with Gasteiger partial charge in [-0.05, 0) is 66.8 Å². The second kappa shape index (κ2) is 5.65. The smallest absolute Gasteiger partial charge is 0.0859 e. The molecule has 1 aliphatic rings. The zero-order chi connectivity index (χ0) is 13.2. The Bertz CT molecular complexity index is 607. The molecule has 1 N–H and O–H groups in total. The summed E-state index contributed by atoms with van der Waals surface area (Å²) in [5.74, 6) is 0. The van der Waals surface area contributed by atoms with Crippen LogP contribution in [0.3, 0.4) is 0 Å². The first kappa shape index (κ1) is 13.2. The molecule has 0 atom stereocenters. The van der Waals surface area contributed by atoms with E-state index < -0.39 is 0 Å². The van der Waals surface area contributed by atoms with Crippen molar-refractivity contribution in [3.05, 3.63) is 33.0 Å². The van der Waals surface area contributed by atoms with E-state index in [-0.39, 0.29) is 0 Å². The molecule has 0 spiro atoms. The number of hydrogen-bond donors (Lipinski definition) is 1. The van der Waals surface area contributed by atoms with E-state index in [4.69, 9.17) is 4.98 Å². The maximum atomic E-state index is 4.97. The van der Waals surface area contributed by atoms with Gasteiger partial charge in [-0.3, -0.25) is 4.98 Å². The molecule has 2 nitrogen and oxygen atoms in total. The van der Waals surface area contributed by atoms with Crippen molar-refractivity contribution >= 4 is 39.2 Å². The summed E-state index contributed by atoms with van der Waals surface area (Å²) in [6.45, 7) is 3.14. The number of rotatable bonds is 2. The van der Waals surface area contributed by atoms with Crippen molar-refractivity contribution < 1.29 is 0 Å². The molecule has 0 saturated carbocycles. The second-order valence-corrected chi connectivity index (χ2v) is 6.30. The summed E-state index contributed by atoms with van der Waals surface area (Å²) in [5.41, 5.74) is 5.29. The standard InChI is InChI=1S/C16H19IN2/c1-2-18-15-11-7-4-3-5-10-14(11)19-16-12(15)8-6-9-13(16)17/h6,8-9H,2-5,7,10H2,1H3,(H,18,19). The van der Waals surface area contributed by atoms with Gasteiger partial charge in [0.25, 0.3) is 0 Å². The summed E-state index contributed by atoms with van der Waals surface area (Å²) < 4.78 is 1.25. The normalized spacial score (nSPS) is 15.1. The number of anilines is 1. The van der Waals surface area contributed by atoms with Crippen molar-refractivity contribution in [3.63, 3.8) is 0 Å². The summed E-state index contributed by atoms with van der Waals surface area (Å²) in [6.07, 6.45) is 6.21. The Morgan fingerprint density at radius 1 is 1.21 bits per heavy atom. The number of fused-ring (bicyclic) bond motifs is 2. The molecule has 0 amide bonds. The first-order valence-electron chi connectivity index (χ1n) is 7.15. The molecule has 2 aromatic rings. The van der Waals surface area contributed by atoms with Gasteiger partial charge < -0.3 is 5.32 Å². The van der Waals surface area contributed by atoms with Gasteiger partial charge in [0, 0.05) is 26.9 Å². The van der Waals surface area contributed by atoms with Gasteiger partial charge in [0.1, 0.15) is 0 Å². The number of benzene rings is 1. The summed E-state index contributed by atoms with van der Waals surface area (Å²) in [4.78, 5) is 4.97. The highest BCUT2D eigenvalue weighted by Gasteiger charge is 2.17. The summed E-state index contributed by atoms with van der Waals surface area (Å²) in [5, 5.41) is 4.88. The van der Waals surface area contributed by atoms with Crippen LogP contribution in [0.1, 0.15) is 37.4 Å². The zero-order valence-corrected chi connectivity index (χ0v) is 13.5. The van der Waals surface area contributed by atoms with Crippen LogP contribution in [0.2, 0.25) is 0 Å². The molecule has 0 radical (unpaired) electrons. The minimum absolute atomic E-state index is 0.969. The fourth-order valence-corrected chi connectivity index (χ4v) is 3.58. The molecular weight excluding hydrogens is 347 g/mol.